The van der Waals surface area contributed by atoms with Gasteiger partial charge in [0.2, 0.25) is 0 Å². The fourth-order valence-corrected chi connectivity index (χ4v) is 3.67. The molecule has 1 amide bonds. The normalized spacial score (nSPS) is 14.7. The highest BCUT2D eigenvalue weighted by atomic mass is 32.1. The molecule has 1 aliphatic heterocycles. The molecule has 1 N–H and O–H groups in total. The summed E-state index contributed by atoms with van der Waals surface area (Å²) in [5.41, 5.74) is 1.68. The SMILES string of the molecule is COc1cccc(N2CCN(c3nc(C(=O)NC(C)C)cs3)CC2)c1. The minimum absolute atomic E-state index is 0.104. The molecule has 2 heterocycles. The van der Waals surface area contributed by atoms with E-state index in [1.807, 2.05) is 31.4 Å². The van der Waals surface area contributed by atoms with E-state index in [1.165, 1.54) is 17.0 Å². The number of piperazine rings is 1. The second-order valence-electron chi connectivity index (χ2n) is 6.32. The minimum atomic E-state index is -0.104. The molecule has 0 radical (unpaired) electrons. The number of hydrogen-bond acceptors (Lipinski definition) is 6. The molecule has 3 rings (SSSR count). The monoisotopic (exact) mass is 360 g/mol. The summed E-state index contributed by atoms with van der Waals surface area (Å²) in [6.45, 7) is 7.50. The standard InChI is InChI=1S/C18H24N4O2S/c1-13(2)19-17(23)16-12-25-18(20-16)22-9-7-21(8-10-22)14-5-4-6-15(11-14)24-3/h4-6,11-13H,7-10H2,1-3H3,(H,19,23). The predicted octanol–water partition coefficient (Wildman–Crippen LogP) is 2.62. The summed E-state index contributed by atoms with van der Waals surface area (Å²) in [6.07, 6.45) is 0. The molecule has 25 heavy (non-hydrogen) atoms. The van der Waals surface area contributed by atoms with Crippen LogP contribution in [-0.2, 0) is 0 Å². The lowest BCUT2D eigenvalue weighted by Gasteiger charge is -2.36. The highest BCUT2D eigenvalue weighted by Crippen LogP contribution is 2.25. The lowest BCUT2D eigenvalue weighted by molar-refractivity contribution is 0.0939. The minimum Gasteiger partial charge on any atom is -0.497 e. The Morgan fingerprint density at radius 2 is 1.96 bits per heavy atom. The van der Waals surface area contributed by atoms with E-state index in [-0.39, 0.29) is 11.9 Å². The van der Waals surface area contributed by atoms with Gasteiger partial charge in [-0.05, 0) is 26.0 Å². The molecule has 1 aliphatic rings. The molecule has 1 saturated heterocycles. The summed E-state index contributed by atoms with van der Waals surface area (Å²) in [4.78, 5) is 21.1. The molecule has 0 aliphatic carbocycles. The summed E-state index contributed by atoms with van der Waals surface area (Å²) in [7, 11) is 1.69. The molecule has 1 aromatic carbocycles. The number of nitrogens with one attached hydrogen (secondary N) is 1. The lowest BCUT2D eigenvalue weighted by Crippen LogP contribution is -2.46. The molecule has 6 nitrogen and oxygen atoms in total. The van der Waals surface area contributed by atoms with Crippen LogP contribution in [0.5, 0.6) is 5.75 Å². The van der Waals surface area contributed by atoms with Crippen molar-refractivity contribution in [3.63, 3.8) is 0 Å². The van der Waals surface area contributed by atoms with Gasteiger partial charge >= 0.3 is 0 Å². The van der Waals surface area contributed by atoms with Crippen LogP contribution < -0.4 is 19.9 Å². The van der Waals surface area contributed by atoms with E-state index < -0.39 is 0 Å². The Balaban J connectivity index is 1.60. The van der Waals surface area contributed by atoms with E-state index in [1.54, 1.807) is 7.11 Å². The van der Waals surface area contributed by atoms with E-state index in [4.69, 9.17) is 4.74 Å². The van der Waals surface area contributed by atoms with Crippen LogP contribution in [0.4, 0.5) is 10.8 Å². The first-order valence-electron chi connectivity index (χ1n) is 8.47. The number of benzene rings is 1. The van der Waals surface area contributed by atoms with E-state index in [0.717, 1.165) is 37.1 Å². The van der Waals surface area contributed by atoms with Gasteiger partial charge in [-0.15, -0.1) is 11.3 Å². The van der Waals surface area contributed by atoms with Crippen molar-refractivity contribution in [1.29, 1.82) is 0 Å². The van der Waals surface area contributed by atoms with Crippen LogP contribution in [0.3, 0.4) is 0 Å². The maximum Gasteiger partial charge on any atom is 0.271 e. The zero-order valence-electron chi connectivity index (χ0n) is 14.9. The van der Waals surface area contributed by atoms with Crippen molar-refractivity contribution in [1.82, 2.24) is 10.3 Å². The Bertz CT molecular complexity index is 723. The second-order valence-corrected chi connectivity index (χ2v) is 7.16. The first-order valence-corrected chi connectivity index (χ1v) is 9.35. The van der Waals surface area contributed by atoms with Gasteiger partial charge in [0, 0.05) is 49.4 Å². The van der Waals surface area contributed by atoms with Crippen molar-refractivity contribution in [2.45, 2.75) is 19.9 Å². The smallest absolute Gasteiger partial charge is 0.271 e. The number of hydrogen-bond donors (Lipinski definition) is 1. The maximum absolute atomic E-state index is 12.0. The zero-order chi connectivity index (χ0) is 17.8. The van der Waals surface area contributed by atoms with Gasteiger partial charge in [0.05, 0.1) is 7.11 Å². The van der Waals surface area contributed by atoms with Crippen LogP contribution in [0.1, 0.15) is 24.3 Å². The lowest BCUT2D eigenvalue weighted by atomic mass is 10.2. The van der Waals surface area contributed by atoms with Crippen molar-refractivity contribution in [2.24, 2.45) is 0 Å². The summed E-state index contributed by atoms with van der Waals surface area (Å²) < 4.78 is 5.31. The molecule has 2 aromatic rings. The van der Waals surface area contributed by atoms with E-state index in [2.05, 4.69) is 32.2 Å². The van der Waals surface area contributed by atoms with Gasteiger partial charge < -0.3 is 19.9 Å². The van der Waals surface area contributed by atoms with Crippen LogP contribution in [0, 0.1) is 0 Å². The molecular formula is C18H24N4O2S. The Labute approximate surface area is 152 Å². The molecule has 0 bridgehead atoms. The average Bonchev–Trinajstić information content (AvgIpc) is 3.12. The molecular weight excluding hydrogens is 336 g/mol. The molecule has 7 heteroatoms. The predicted molar refractivity (Wildman–Crippen MR) is 102 cm³/mol. The number of carbonyl (C=O) groups is 1. The quantitative estimate of drug-likeness (QED) is 0.888. The molecule has 0 saturated carbocycles. The van der Waals surface area contributed by atoms with Gasteiger partial charge in [0.15, 0.2) is 5.13 Å². The number of aromatic nitrogens is 1. The van der Waals surface area contributed by atoms with E-state index >= 15 is 0 Å². The number of ether oxygens (including phenoxy) is 1. The van der Waals surface area contributed by atoms with Crippen molar-refractivity contribution in [3.05, 3.63) is 35.3 Å². The Morgan fingerprint density at radius 3 is 2.64 bits per heavy atom. The number of amides is 1. The molecule has 1 fully saturated rings. The topological polar surface area (TPSA) is 57.7 Å². The fraction of sp³-hybridized carbons (Fsp3) is 0.444. The zero-order valence-corrected chi connectivity index (χ0v) is 15.7. The van der Waals surface area contributed by atoms with Gasteiger partial charge in [0.1, 0.15) is 11.4 Å². The van der Waals surface area contributed by atoms with Gasteiger partial charge in [-0.1, -0.05) is 6.07 Å². The Hall–Kier alpha value is -2.28. The van der Waals surface area contributed by atoms with Crippen molar-refractivity contribution in [2.75, 3.05) is 43.1 Å². The van der Waals surface area contributed by atoms with Crippen molar-refractivity contribution < 1.29 is 9.53 Å². The summed E-state index contributed by atoms with van der Waals surface area (Å²) in [6, 6.07) is 8.26. The number of methoxy groups -OCH3 is 1. The molecule has 134 valence electrons. The third-order valence-electron chi connectivity index (χ3n) is 4.11. The highest BCUT2D eigenvalue weighted by Gasteiger charge is 2.21. The van der Waals surface area contributed by atoms with E-state index in [0.29, 0.717) is 5.69 Å². The van der Waals surface area contributed by atoms with Gasteiger partial charge in [-0.3, -0.25) is 4.79 Å². The maximum atomic E-state index is 12.0. The number of anilines is 2. The first-order chi connectivity index (χ1) is 12.1. The van der Waals surface area contributed by atoms with Gasteiger partial charge in [-0.25, -0.2) is 4.98 Å². The summed E-state index contributed by atoms with van der Waals surface area (Å²) >= 11 is 1.53. The summed E-state index contributed by atoms with van der Waals surface area (Å²) in [5, 5.41) is 5.63. The van der Waals surface area contributed by atoms with Crippen LogP contribution in [-0.4, -0.2) is 50.2 Å². The fourth-order valence-electron chi connectivity index (χ4n) is 2.81. The molecule has 0 spiro atoms. The molecule has 0 atom stereocenters. The van der Waals surface area contributed by atoms with Crippen molar-refractivity contribution >= 4 is 28.1 Å². The largest absolute Gasteiger partial charge is 0.497 e. The van der Waals surface area contributed by atoms with Crippen LogP contribution in [0.25, 0.3) is 0 Å². The number of thiazole rings is 1. The van der Waals surface area contributed by atoms with E-state index in [9.17, 15) is 4.79 Å². The Morgan fingerprint density at radius 1 is 1.24 bits per heavy atom. The third kappa shape index (κ3) is 4.22. The summed E-state index contributed by atoms with van der Waals surface area (Å²) in [5.74, 6) is 0.771. The first kappa shape index (κ1) is 17.5. The van der Waals surface area contributed by atoms with Crippen LogP contribution >= 0.6 is 11.3 Å². The van der Waals surface area contributed by atoms with Crippen LogP contribution in [0.2, 0.25) is 0 Å². The highest BCUT2D eigenvalue weighted by molar-refractivity contribution is 7.13. The average molecular weight is 360 g/mol. The van der Waals surface area contributed by atoms with Gasteiger partial charge in [-0.2, -0.15) is 0 Å². The Kier molecular flexibility index (Phi) is 5.43. The second kappa shape index (κ2) is 7.74. The third-order valence-corrected chi connectivity index (χ3v) is 5.01. The molecule has 1 aromatic heterocycles. The van der Waals surface area contributed by atoms with Crippen LogP contribution in [0.15, 0.2) is 29.6 Å². The van der Waals surface area contributed by atoms with Gasteiger partial charge in [0.25, 0.3) is 5.91 Å². The number of nitrogens with zero attached hydrogens (tertiary/aromatic N) is 3. The van der Waals surface area contributed by atoms with Crippen molar-refractivity contribution in [3.8, 4) is 5.75 Å². The number of carbonyl (C=O) groups excluding carboxylic acids is 1. The molecule has 0 unspecified atom stereocenters. The number of rotatable bonds is 5.